The van der Waals surface area contributed by atoms with E-state index in [4.69, 9.17) is 4.74 Å². The van der Waals surface area contributed by atoms with Crippen molar-refractivity contribution in [1.29, 1.82) is 0 Å². The van der Waals surface area contributed by atoms with Gasteiger partial charge in [-0.3, -0.25) is 9.59 Å². The highest BCUT2D eigenvalue weighted by Crippen LogP contribution is 2.32. The van der Waals surface area contributed by atoms with Gasteiger partial charge in [0.1, 0.15) is 24.0 Å². The molecule has 2 aromatic heterocycles. The van der Waals surface area contributed by atoms with Crippen LogP contribution in [0.15, 0.2) is 59.4 Å². The molecule has 9 heteroatoms. The van der Waals surface area contributed by atoms with Gasteiger partial charge in [-0.25, -0.2) is 14.4 Å². The van der Waals surface area contributed by atoms with E-state index in [-0.39, 0.29) is 35.3 Å². The van der Waals surface area contributed by atoms with Crippen LogP contribution in [0, 0.1) is 5.82 Å². The van der Waals surface area contributed by atoms with E-state index in [9.17, 15) is 14.0 Å². The largest absolute Gasteiger partial charge is 0.486 e. The summed E-state index contributed by atoms with van der Waals surface area (Å²) in [6.45, 7) is 0.617. The number of thiazole rings is 1. The molecular formula is C23H19FN4O3S. The number of anilines is 1. The number of nitrogens with one attached hydrogen (secondary N) is 1. The van der Waals surface area contributed by atoms with Crippen molar-refractivity contribution >= 4 is 32.6 Å². The van der Waals surface area contributed by atoms with Gasteiger partial charge >= 0.3 is 0 Å². The van der Waals surface area contributed by atoms with Gasteiger partial charge in [0.15, 0.2) is 21.3 Å². The first-order chi connectivity index (χ1) is 15.6. The van der Waals surface area contributed by atoms with Crippen LogP contribution >= 0.6 is 11.3 Å². The minimum absolute atomic E-state index is 0.0354. The molecule has 0 amide bonds. The number of H-pyrrole nitrogens is 1. The van der Waals surface area contributed by atoms with Crippen molar-refractivity contribution in [3.05, 3.63) is 70.8 Å². The van der Waals surface area contributed by atoms with E-state index < -0.39 is 11.4 Å². The maximum atomic E-state index is 14.2. The fourth-order valence-electron chi connectivity index (χ4n) is 3.82. The minimum Gasteiger partial charge on any atom is -0.486 e. The summed E-state index contributed by atoms with van der Waals surface area (Å²) in [6, 6.07) is 14.9. The molecule has 1 aliphatic rings. The van der Waals surface area contributed by atoms with Crippen molar-refractivity contribution < 1.29 is 13.9 Å². The second-order valence-corrected chi connectivity index (χ2v) is 8.42. The summed E-state index contributed by atoms with van der Waals surface area (Å²) in [5.74, 6) is 0.283. The van der Waals surface area contributed by atoms with Gasteiger partial charge in [-0.15, -0.1) is 0 Å². The molecule has 7 nitrogen and oxygen atoms in total. The number of hydrogen-bond acceptors (Lipinski definition) is 7. The maximum absolute atomic E-state index is 14.2. The van der Waals surface area contributed by atoms with Crippen LogP contribution in [0.5, 0.6) is 5.75 Å². The third kappa shape index (κ3) is 3.87. The Labute approximate surface area is 186 Å². The van der Waals surface area contributed by atoms with Crippen molar-refractivity contribution in [1.82, 2.24) is 15.0 Å². The van der Waals surface area contributed by atoms with Gasteiger partial charge in [-0.1, -0.05) is 41.7 Å². The summed E-state index contributed by atoms with van der Waals surface area (Å²) in [7, 11) is 0. The van der Waals surface area contributed by atoms with E-state index in [0.29, 0.717) is 28.7 Å². The third-order valence-corrected chi connectivity index (χ3v) is 6.37. The predicted octanol–water partition coefficient (Wildman–Crippen LogP) is 3.80. The Morgan fingerprint density at radius 3 is 2.75 bits per heavy atom. The topological polar surface area (TPSA) is 88.2 Å². The maximum Gasteiger partial charge on any atom is 0.278 e. The fraction of sp³-hybridized carbons (Fsp3) is 0.217. The molecule has 1 saturated heterocycles. The normalized spacial score (nSPS) is 15.9. The molecule has 162 valence electrons. The first-order valence-electron chi connectivity index (χ1n) is 10.2. The second kappa shape index (κ2) is 8.51. The summed E-state index contributed by atoms with van der Waals surface area (Å²) in [6.07, 6.45) is 1.53. The highest BCUT2D eigenvalue weighted by atomic mass is 32.1. The van der Waals surface area contributed by atoms with Gasteiger partial charge in [0.05, 0.1) is 11.6 Å². The van der Waals surface area contributed by atoms with Crippen LogP contribution in [0.25, 0.3) is 21.7 Å². The van der Waals surface area contributed by atoms with Crippen molar-refractivity contribution in [2.75, 3.05) is 18.1 Å². The SMILES string of the molecule is O=C(COc1ccccc1)[C@H]1CCCN1c1nc2c(=O)[nH]c(-c3ccccc3F)nc2s1. The zero-order valence-electron chi connectivity index (χ0n) is 17.0. The van der Waals surface area contributed by atoms with Gasteiger partial charge in [0, 0.05) is 6.54 Å². The van der Waals surface area contributed by atoms with Crippen molar-refractivity contribution in [2.24, 2.45) is 0 Å². The van der Waals surface area contributed by atoms with Crippen LogP contribution in [-0.4, -0.2) is 39.9 Å². The number of rotatable bonds is 6. The number of benzene rings is 2. The van der Waals surface area contributed by atoms with Crippen LogP contribution < -0.4 is 15.2 Å². The summed E-state index contributed by atoms with van der Waals surface area (Å²) < 4.78 is 19.8. The van der Waals surface area contributed by atoms with Crippen LogP contribution in [-0.2, 0) is 4.79 Å². The molecule has 0 bridgehead atoms. The number of nitrogens with zero attached hydrogens (tertiary/aromatic N) is 3. The Morgan fingerprint density at radius 2 is 1.94 bits per heavy atom. The summed E-state index contributed by atoms with van der Waals surface area (Å²) in [4.78, 5) is 39.3. The Balaban J connectivity index is 1.41. The number of Topliss-reactive ketones (excluding diaryl/α,β-unsaturated/α-hetero) is 1. The van der Waals surface area contributed by atoms with Crippen LogP contribution in [0.2, 0.25) is 0 Å². The summed E-state index contributed by atoms with van der Waals surface area (Å²) >= 11 is 1.23. The highest BCUT2D eigenvalue weighted by molar-refractivity contribution is 7.21. The smallest absolute Gasteiger partial charge is 0.278 e. The number of ketones is 1. The highest BCUT2D eigenvalue weighted by Gasteiger charge is 2.33. The number of fused-ring (bicyclic) bond motifs is 1. The zero-order valence-corrected chi connectivity index (χ0v) is 17.8. The van der Waals surface area contributed by atoms with E-state index in [1.54, 1.807) is 30.3 Å². The Bertz CT molecular complexity index is 1340. The lowest BCUT2D eigenvalue weighted by atomic mass is 10.1. The monoisotopic (exact) mass is 450 g/mol. The number of carbonyl (C=O) groups is 1. The van der Waals surface area contributed by atoms with Crippen LogP contribution in [0.3, 0.4) is 0 Å². The number of hydrogen-bond donors (Lipinski definition) is 1. The predicted molar refractivity (Wildman–Crippen MR) is 121 cm³/mol. The molecule has 0 saturated carbocycles. The van der Waals surface area contributed by atoms with E-state index in [2.05, 4.69) is 15.0 Å². The summed E-state index contributed by atoms with van der Waals surface area (Å²) in [5, 5.41) is 0.555. The molecule has 1 N–H and O–H groups in total. The number of ether oxygens (including phenoxy) is 1. The Hall–Kier alpha value is -3.59. The fourth-order valence-corrected chi connectivity index (χ4v) is 4.84. The molecule has 0 radical (unpaired) electrons. The number of aromatic nitrogens is 3. The van der Waals surface area contributed by atoms with E-state index in [0.717, 1.165) is 6.42 Å². The Kier molecular flexibility index (Phi) is 5.40. The lowest BCUT2D eigenvalue weighted by molar-refractivity contribution is -0.122. The quantitative estimate of drug-likeness (QED) is 0.481. The number of carbonyl (C=O) groups excluding carboxylic acids is 1. The molecule has 5 rings (SSSR count). The van der Waals surface area contributed by atoms with Gasteiger partial charge in [-0.05, 0) is 37.1 Å². The molecule has 0 aliphatic carbocycles. The lowest BCUT2D eigenvalue weighted by Crippen LogP contribution is -2.38. The number of halogens is 1. The first kappa shape index (κ1) is 20.3. The second-order valence-electron chi connectivity index (χ2n) is 7.46. The van der Waals surface area contributed by atoms with Crippen LogP contribution in [0.4, 0.5) is 9.52 Å². The van der Waals surface area contributed by atoms with Crippen molar-refractivity contribution in [2.45, 2.75) is 18.9 Å². The molecule has 1 aliphatic heterocycles. The lowest BCUT2D eigenvalue weighted by Gasteiger charge is -2.22. The van der Waals surface area contributed by atoms with Crippen LogP contribution in [0.1, 0.15) is 12.8 Å². The first-order valence-corrected chi connectivity index (χ1v) is 11.0. The molecule has 1 atom stereocenters. The number of para-hydroxylation sites is 1. The van der Waals surface area contributed by atoms with Gasteiger partial charge in [0.2, 0.25) is 0 Å². The molecule has 3 heterocycles. The van der Waals surface area contributed by atoms with Crippen molar-refractivity contribution in [3.63, 3.8) is 0 Å². The number of aromatic amines is 1. The van der Waals surface area contributed by atoms with E-state index >= 15 is 0 Å². The van der Waals surface area contributed by atoms with Crippen molar-refractivity contribution in [3.8, 4) is 17.1 Å². The molecule has 2 aromatic carbocycles. The van der Waals surface area contributed by atoms with Gasteiger partial charge < -0.3 is 14.6 Å². The van der Waals surface area contributed by atoms with E-state index in [1.807, 2.05) is 23.1 Å². The standard InChI is InChI=1S/C23H19FN4O3S/c24-16-10-5-4-9-15(16)20-26-21(30)19-22(27-20)32-23(25-19)28-12-6-11-17(28)18(29)13-31-14-7-2-1-3-8-14/h1-5,7-10,17H,6,11-13H2,(H,26,27,30)/t17-/m1/s1. The third-order valence-electron chi connectivity index (χ3n) is 5.38. The molecular weight excluding hydrogens is 431 g/mol. The molecule has 1 fully saturated rings. The molecule has 4 aromatic rings. The Morgan fingerprint density at radius 1 is 1.16 bits per heavy atom. The zero-order chi connectivity index (χ0) is 22.1. The molecule has 32 heavy (non-hydrogen) atoms. The van der Waals surface area contributed by atoms with Gasteiger partial charge in [0.25, 0.3) is 5.56 Å². The molecule has 0 spiro atoms. The van der Waals surface area contributed by atoms with Gasteiger partial charge in [-0.2, -0.15) is 0 Å². The molecule has 0 unspecified atom stereocenters. The van der Waals surface area contributed by atoms with E-state index in [1.165, 1.54) is 17.4 Å². The summed E-state index contributed by atoms with van der Waals surface area (Å²) in [5.41, 5.74) is -0.0392. The minimum atomic E-state index is -0.469. The average molecular weight is 450 g/mol. The average Bonchev–Trinajstić information content (AvgIpc) is 3.46.